The molecule has 0 aliphatic rings. The minimum absolute atomic E-state index is 0.00319. The number of aryl methyl sites for hydroxylation is 1. The number of hydrogen-bond donors (Lipinski definition) is 2. The Morgan fingerprint density at radius 2 is 2.36 bits per heavy atom. The van der Waals surface area contributed by atoms with Crippen LogP contribution in [-0.2, 0) is 11.2 Å². The molecule has 1 aromatic heterocycles. The first kappa shape index (κ1) is 11.7. The molecule has 1 heterocycles. The van der Waals surface area contributed by atoms with Crippen LogP contribution in [0.2, 0.25) is 0 Å². The lowest BCUT2D eigenvalue weighted by molar-refractivity contribution is -0.115. The van der Waals surface area contributed by atoms with E-state index in [2.05, 4.69) is 33.5 Å². The Balaban J connectivity index is 2.70. The number of nitrogens with one attached hydrogen (secondary N) is 2. The molecule has 14 heavy (non-hydrogen) atoms. The van der Waals surface area contributed by atoms with Crippen LogP contribution in [0.15, 0.2) is 9.85 Å². The molecule has 5 heteroatoms. The Kier molecular flexibility index (Phi) is 4.57. The van der Waals surface area contributed by atoms with Gasteiger partial charge >= 0.3 is 0 Å². The van der Waals surface area contributed by atoms with Gasteiger partial charge in [-0.3, -0.25) is 4.79 Å². The highest BCUT2D eigenvalue weighted by atomic mass is 79.9. The van der Waals surface area contributed by atoms with Gasteiger partial charge in [0.15, 0.2) is 0 Å². The standard InChI is InChI=1S/C9H13BrN2OS/c1-3-6-4-7(10)14-9(6)12-8(13)5-11-2/h4,11H,3,5H2,1-2H3,(H,12,13). The smallest absolute Gasteiger partial charge is 0.238 e. The van der Waals surface area contributed by atoms with E-state index in [0.29, 0.717) is 6.54 Å². The minimum atomic E-state index is -0.00319. The van der Waals surface area contributed by atoms with Gasteiger partial charge in [-0.25, -0.2) is 0 Å². The minimum Gasteiger partial charge on any atom is -0.316 e. The second kappa shape index (κ2) is 5.48. The average molecular weight is 277 g/mol. The molecule has 0 bridgehead atoms. The van der Waals surface area contributed by atoms with Crippen molar-refractivity contribution in [2.45, 2.75) is 13.3 Å². The number of likely N-dealkylation sites (N-methyl/N-ethyl adjacent to an activating group) is 1. The van der Waals surface area contributed by atoms with Gasteiger partial charge < -0.3 is 10.6 Å². The van der Waals surface area contributed by atoms with E-state index in [1.807, 2.05) is 6.07 Å². The fourth-order valence-electron chi connectivity index (χ4n) is 1.09. The largest absolute Gasteiger partial charge is 0.316 e. The van der Waals surface area contributed by atoms with Crippen molar-refractivity contribution in [1.82, 2.24) is 5.32 Å². The number of rotatable bonds is 4. The van der Waals surface area contributed by atoms with Gasteiger partial charge in [-0.15, -0.1) is 11.3 Å². The Morgan fingerprint density at radius 3 is 2.93 bits per heavy atom. The summed E-state index contributed by atoms with van der Waals surface area (Å²) in [4.78, 5) is 11.3. The van der Waals surface area contributed by atoms with E-state index in [4.69, 9.17) is 0 Å². The molecule has 78 valence electrons. The van der Waals surface area contributed by atoms with E-state index in [0.717, 1.165) is 15.2 Å². The molecule has 1 amide bonds. The summed E-state index contributed by atoms with van der Waals surface area (Å²) < 4.78 is 1.05. The lowest BCUT2D eigenvalue weighted by Gasteiger charge is -2.03. The normalized spacial score (nSPS) is 10.2. The molecular formula is C9H13BrN2OS. The summed E-state index contributed by atoms with van der Waals surface area (Å²) in [5.74, 6) is -0.00319. The summed E-state index contributed by atoms with van der Waals surface area (Å²) in [7, 11) is 1.75. The highest BCUT2D eigenvalue weighted by molar-refractivity contribution is 9.11. The van der Waals surface area contributed by atoms with E-state index in [1.54, 1.807) is 18.4 Å². The van der Waals surface area contributed by atoms with Crippen molar-refractivity contribution in [3.63, 3.8) is 0 Å². The zero-order valence-electron chi connectivity index (χ0n) is 8.19. The zero-order valence-corrected chi connectivity index (χ0v) is 10.6. The molecule has 0 unspecified atom stereocenters. The van der Waals surface area contributed by atoms with Gasteiger partial charge in [0, 0.05) is 0 Å². The molecular weight excluding hydrogens is 264 g/mol. The van der Waals surface area contributed by atoms with Crippen LogP contribution in [0.5, 0.6) is 0 Å². The molecule has 0 radical (unpaired) electrons. The van der Waals surface area contributed by atoms with Crippen molar-refractivity contribution >= 4 is 38.2 Å². The Morgan fingerprint density at radius 1 is 1.64 bits per heavy atom. The third-order valence-electron chi connectivity index (χ3n) is 1.75. The number of carbonyl (C=O) groups is 1. The van der Waals surface area contributed by atoms with Gasteiger partial charge in [0.05, 0.1) is 15.3 Å². The lowest BCUT2D eigenvalue weighted by atomic mass is 10.2. The Labute approximate surface area is 96.0 Å². The average Bonchev–Trinajstić information content (AvgIpc) is 2.46. The Bertz CT molecular complexity index is 325. The topological polar surface area (TPSA) is 41.1 Å². The van der Waals surface area contributed by atoms with Crippen LogP contribution in [0.25, 0.3) is 0 Å². The quantitative estimate of drug-likeness (QED) is 0.886. The van der Waals surface area contributed by atoms with Crippen molar-refractivity contribution in [2.24, 2.45) is 0 Å². The predicted molar refractivity (Wildman–Crippen MR) is 64.0 cm³/mol. The maximum atomic E-state index is 11.3. The Hall–Kier alpha value is -0.390. The first-order valence-electron chi connectivity index (χ1n) is 4.40. The molecule has 2 N–H and O–H groups in total. The van der Waals surface area contributed by atoms with Crippen molar-refractivity contribution in [1.29, 1.82) is 0 Å². The molecule has 0 atom stereocenters. The highest BCUT2D eigenvalue weighted by Crippen LogP contribution is 2.32. The van der Waals surface area contributed by atoms with Crippen LogP contribution in [0, 0.1) is 0 Å². The fourth-order valence-corrected chi connectivity index (χ4v) is 2.75. The summed E-state index contributed by atoms with van der Waals surface area (Å²) in [6.45, 7) is 2.42. The molecule has 1 rings (SSSR count). The number of amides is 1. The van der Waals surface area contributed by atoms with Crippen LogP contribution in [0.3, 0.4) is 0 Å². The van der Waals surface area contributed by atoms with Gasteiger partial charge in [-0.05, 0) is 41.0 Å². The van der Waals surface area contributed by atoms with E-state index in [1.165, 1.54) is 5.56 Å². The summed E-state index contributed by atoms with van der Waals surface area (Å²) in [5.41, 5.74) is 1.17. The fraction of sp³-hybridized carbons (Fsp3) is 0.444. The van der Waals surface area contributed by atoms with Gasteiger partial charge in [0.25, 0.3) is 0 Å². The second-order valence-corrected chi connectivity index (χ2v) is 5.27. The molecule has 0 aliphatic carbocycles. The first-order chi connectivity index (χ1) is 6.67. The van der Waals surface area contributed by atoms with Crippen LogP contribution in [-0.4, -0.2) is 19.5 Å². The molecule has 0 aromatic carbocycles. The van der Waals surface area contributed by atoms with Gasteiger partial charge in [0.1, 0.15) is 0 Å². The number of carbonyl (C=O) groups excluding carboxylic acids is 1. The number of hydrogen-bond acceptors (Lipinski definition) is 3. The third kappa shape index (κ3) is 3.08. The summed E-state index contributed by atoms with van der Waals surface area (Å²) in [6.07, 6.45) is 0.928. The van der Waals surface area contributed by atoms with Crippen molar-refractivity contribution in [2.75, 3.05) is 18.9 Å². The molecule has 0 spiro atoms. The molecule has 0 saturated heterocycles. The molecule has 0 aliphatic heterocycles. The summed E-state index contributed by atoms with van der Waals surface area (Å²) in [6, 6.07) is 2.04. The molecule has 0 fully saturated rings. The predicted octanol–water partition coefficient (Wildman–Crippen LogP) is 2.23. The zero-order chi connectivity index (χ0) is 10.6. The van der Waals surface area contributed by atoms with Gasteiger partial charge in [-0.2, -0.15) is 0 Å². The summed E-state index contributed by atoms with van der Waals surface area (Å²) in [5, 5.41) is 6.63. The number of halogens is 1. The van der Waals surface area contributed by atoms with E-state index >= 15 is 0 Å². The number of thiophene rings is 1. The third-order valence-corrected chi connectivity index (χ3v) is 3.35. The van der Waals surface area contributed by atoms with E-state index in [9.17, 15) is 4.79 Å². The number of anilines is 1. The van der Waals surface area contributed by atoms with Crippen LogP contribution in [0.4, 0.5) is 5.00 Å². The van der Waals surface area contributed by atoms with E-state index < -0.39 is 0 Å². The van der Waals surface area contributed by atoms with Crippen molar-refractivity contribution in [3.05, 3.63) is 15.4 Å². The van der Waals surface area contributed by atoms with E-state index in [-0.39, 0.29) is 5.91 Å². The lowest BCUT2D eigenvalue weighted by Crippen LogP contribution is -2.24. The maximum Gasteiger partial charge on any atom is 0.238 e. The molecule has 3 nitrogen and oxygen atoms in total. The highest BCUT2D eigenvalue weighted by Gasteiger charge is 2.08. The van der Waals surface area contributed by atoms with Gasteiger partial charge in [-0.1, -0.05) is 6.92 Å². The summed E-state index contributed by atoms with van der Waals surface area (Å²) >= 11 is 4.95. The monoisotopic (exact) mass is 276 g/mol. The van der Waals surface area contributed by atoms with Crippen LogP contribution < -0.4 is 10.6 Å². The second-order valence-electron chi connectivity index (χ2n) is 2.84. The van der Waals surface area contributed by atoms with Crippen LogP contribution >= 0.6 is 27.3 Å². The van der Waals surface area contributed by atoms with Crippen molar-refractivity contribution < 1.29 is 4.79 Å². The maximum absolute atomic E-state index is 11.3. The van der Waals surface area contributed by atoms with Gasteiger partial charge in [0.2, 0.25) is 5.91 Å². The first-order valence-corrected chi connectivity index (χ1v) is 6.01. The SMILES string of the molecule is CCc1cc(Br)sc1NC(=O)CNC. The molecule has 1 aromatic rings. The van der Waals surface area contributed by atoms with Crippen molar-refractivity contribution in [3.8, 4) is 0 Å². The van der Waals surface area contributed by atoms with Crippen LogP contribution in [0.1, 0.15) is 12.5 Å². The molecule has 0 saturated carbocycles.